The van der Waals surface area contributed by atoms with E-state index in [0.717, 1.165) is 25.5 Å². The third kappa shape index (κ3) is 5.82. The van der Waals surface area contributed by atoms with Gasteiger partial charge in [0.2, 0.25) is 0 Å². The molecule has 1 aromatic rings. The first-order valence-corrected chi connectivity index (χ1v) is 9.12. The predicted octanol–water partition coefficient (Wildman–Crippen LogP) is 1.63. The Morgan fingerprint density at radius 3 is 2.32 bits per heavy atom. The van der Waals surface area contributed by atoms with Crippen LogP contribution in [0.4, 0.5) is 0 Å². The van der Waals surface area contributed by atoms with Crippen molar-refractivity contribution in [1.82, 2.24) is 20.4 Å². The second kappa shape index (κ2) is 9.73. The second-order valence-electron chi connectivity index (χ2n) is 7.12. The quantitative estimate of drug-likeness (QED) is 0.401. The fourth-order valence-electron chi connectivity index (χ4n) is 3.89. The summed E-state index contributed by atoms with van der Waals surface area (Å²) in [5, 5.41) is 6.95. The van der Waals surface area contributed by atoms with Crippen LogP contribution in [0.1, 0.15) is 16.7 Å². The van der Waals surface area contributed by atoms with Crippen LogP contribution >= 0.6 is 24.0 Å². The Morgan fingerprint density at radius 2 is 1.76 bits per heavy atom. The number of aryl methyl sites for hydroxylation is 2. The van der Waals surface area contributed by atoms with Gasteiger partial charge in [-0.3, -0.25) is 14.8 Å². The number of guanidine groups is 1. The summed E-state index contributed by atoms with van der Waals surface area (Å²) in [5.74, 6) is 0.914. The SMILES string of the molecule is CN=C(NCCc1cc(C)cc(C)c1)NCC1CN2CCN1CC2.I. The van der Waals surface area contributed by atoms with Gasteiger partial charge < -0.3 is 10.6 Å². The molecule has 4 rings (SSSR count). The molecule has 5 nitrogen and oxygen atoms in total. The molecule has 2 bridgehead atoms. The summed E-state index contributed by atoms with van der Waals surface area (Å²) < 4.78 is 0. The Bertz CT molecular complexity index is 561. The first-order valence-electron chi connectivity index (χ1n) is 9.12. The van der Waals surface area contributed by atoms with Crippen molar-refractivity contribution in [3.05, 3.63) is 34.9 Å². The van der Waals surface area contributed by atoms with Gasteiger partial charge in [0.1, 0.15) is 0 Å². The van der Waals surface area contributed by atoms with Gasteiger partial charge in [0.05, 0.1) is 0 Å². The van der Waals surface area contributed by atoms with Crippen molar-refractivity contribution in [2.24, 2.45) is 4.99 Å². The molecule has 6 heteroatoms. The lowest BCUT2D eigenvalue weighted by molar-refractivity contribution is 0.0154. The molecule has 25 heavy (non-hydrogen) atoms. The van der Waals surface area contributed by atoms with Gasteiger partial charge in [0.25, 0.3) is 0 Å². The van der Waals surface area contributed by atoms with Gasteiger partial charge in [-0.2, -0.15) is 0 Å². The van der Waals surface area contributed by atoms with E-state index in [-0.39, 0.29) is 24.0 Å². The van der Waals surface area contributed by atoms with Crippen molar-refractivity contribution in [3.63, 3.8) is 0 Å². The van der Waals surface area contributed by atoms with Gasteiger partial charge in [0, 0.05) is 58.9 Å². The third-order valence-corrected chi connectivity index (χ3v) is 5.11. The zero-order valence-corrected chi connectivity index (χ0v) is 18.0. The lowest BCUT2D eigenvalue weighted by atomic mass is 10.1. The van der Waals surface area contributed by atoms with Gasteiger partial charge in [0.15, 0.2) is 5.96 Å². The normalized spacial score (nSPS) is 25.4. The van der Waals surface area contributed by atoms with Crippen molar-refractivity contribution in [2.45, 2.75) is 26.3 Å². The van der Waals surface area contributed by atoms with Crippen LogP contribution in [0, 0.1) is 13.8 Å². The van der Waals surface area contributed by atoms with Crippen molar-refractivity contribution in [3.8, 4) is 0 Å². The summed E-state index contributed by atoms with van der Waals surface area (Å²) in [6.45, 7) is 12.3. The number of hydrogen-bond acceptors (Lipinski definition) is 3. The fraction of sp³-hybridized carbons (Fsp3) is 0.632. The van der Waals surface area contributed by atoms with E-state index in [2.05, 4.69) is 57.5 Å². The number of aliphatic imine (C=N–C) groups is 1. The van der Waals surface area contributed by atoms with Crippen molar-refractivity contribution in [1.29, 1.82) is 0 Å². The van der Waals surface area contributed by atoms with E-state index in [0.29, 0.717) is 6.04 Å². The molecule has 1 atom stereocenters. The lowest BCUT2D eigenvalue weighted by Gasteiger charge is -2.47. The maximum absolute atomic E-state index is 4.36. The van der Waals surface area contributed by atoms with Gasteiger partial charge in [-0.25, -0.2) is 0 Å². The molecule has 1 unspecified atom stereocenters. The van der Waals surface area contributed by atoms with Crippen LogP contribution in [-0.2, 0) is 6.42 Å². The van der Waals surface area contributed by atoms with Gasteiger partial charge >= 0.3 is 0 Å². The van der Waals surface area contributed by atoms with Crippen LogP contribution in [0.2, 0.25) is 0 Å². The molecule has 0 amide bonds. The summed E-state index contributed by atoms with van der Waals surface area (Å²) in [4.78, 5) is 9.54. The highest BCUT2D eigenvalue weighted by atomic mass is 127. The molecule has 3 fully saturated rings. The van der Waals surface area contributed by atoms with E-state index in [1.54, 1.807) is 0 Å². The van der Waals surface area contributed by atoms with Crippen molar-refractivity contribution >= 4 is 29.9 Å². The van der Waals surface area contributed by atoms with E-state index in [9.17, 15) is 0 Å². The minimum Gasteiger partial charge on any atom is -0.356 e. The predicted molar refractivity (Wildman–Crippen MR) is 116 cm³/mol. The van der Waals surface area contributed by atoms with Crippen LogP contribution in [-0.4, -0.2) is 74.7 Å². The molecule has 1 aromatic carbocycles. The van der Waals surface area contributed by atoms with Crippen LogP contribution in [0.25, 0.3) is 0 Å². The Balaban J connectivity index is 0.00000225. The molecule has 3 aliphatic rings. The smallest absolute Gasteiger partial charge is 0.191 e. The van der Waals surface area contributed by atoms with E-state index >= 15 is 0 Å². The largest absolute Gasteiger partial charge is 0.356 e. The van der Waals surface area contributed by atoms with Crippen molar-refractivity contribution < 1.29 is 0 Å². The fourth-order valence-corrected chi connectivity index (χ4v) is 3.89. The van der Waals surface area contributed by atoms with E-state index in [1.807, 2.05) is 7.05 Å². The molecule has 0 aromatic heterocycles. The molecule has 0 radical (unpaired) electrons. The average molecular weight is 457 g/mol. The van der Waals surface area contributed by atoms with Gasteiger partial charge in [-0.15, -0.1) is 24.0 Å². The Labute approximate surface area is 169 Å². The summed E-state index contributed by atoms with van der Waals surface area (Å²) >= 11 is 0. The number of halogens is 1. The standard InChI is InChI=1S/C19H31N5.HI/c1-15-10-16(2)12-17(11-15)4-5-21-19(20-3)22-13-18-14-23-6-8-24(18)9-7-23;/h10-12,18H,4-9,13-14H2,1-3H3,(H2,20,21,22);1H. The number of fused-ring (bicyclic) bond motifs is 3. The van der Waals surface area contributed by atoms with E-state index < -0.39 is 0 Å². The zero-order valence-electron chi connectivity index (χ0n) is 15.7. The second-order valence-corrected chi connectivity index (χ2v) is 7.12. The molecule has 0 saturated carbocycles. The molecule has 140 valence electrons. The first-order chi connectivity index (χ1) is 11.6. The maximum Gasteiger partial charge on any atom is 0.191 e. The summed E-state index contributed by atoms with van der Waals surface area (Å²) in [6, 6.07) is 7.38. The molecule has 3 saturated heterocycles. The number of rotatable bonds is 5. The molecular formula is C19H32IN5. The van der Waals surface area contributed by atoms with Crippen LogP contribution < -0.4 is 10.6 Å². The highest BCUT2D eigenvalue weighted by Crippen LogP contribution is 2.14. The van der Waals surface area contributed by atoms with Crippen molar-refractivity contribution in [2.75, 3.05) is 52.9 Å². The molecule has 2 N–H and O–H groups in total. The van der Waals surface area contributed by atoms with Gasteiger partial charge in [-0.1, -0.05) is 29.3 Å². The first kappa shape index (κ1) is 20.5. The van der Waals surface area contributed by atoms with E-state index in [4.69, 9.17) is 0 Å². The average Bonchev–Trinajstić information content (AvgIpc) is 2.58. The number of piperazine rings is 3. The monoisotopic (exact) mass is 457 g/mol. The Kier molecular flexibility index (Phi) is 7.96. The molecule has 3 aliphatic heterocycles. The van der Waals surface area contributed by atoms with Crippen LogP contribution in [0.5, 0.6) is 0 Å². The number of nitrogens with zero attached hydrogens (tertiary/aromatic N) is 3. The zero-order chi connectivity index (χ0) is 16.9. The number of benzene rings is 1. The lowest BCUT2D eigenvalue weighted by Crippen LogP contribution is -2.63. The minimum atomic E-state index is 0. The molecule has 3 heterocycles. The highest BCUT2D eigenvalue weighted by Gasteiger charge is 2.31. The summed E-state index contributed by atoms with van der Waals surface area (Å²) in [6.07, 6.45) is 1.02. The Morgan fingerprint density at radius 1 is 1.08 bits per heavy atom. The number of nitrogens with one attached hydrogen (secondary N) is 2. The Hall–Kier alpha value is -0.860. The summed E-state index contributed by atoms with van der Waals surface area (Å²) in [5.41, 5.74) is 4.06. The van der Waals surface area contributed by atoms with E-state index in [1.165, 1.54) is 49.4 Å². The topological polar surface area (TPSA) is 42.9 Å². The minimum absolute atomic E-state index is 0. The molecular weight excluding hydrogens is 425 g/mol. The molecule has 0 aliphatic carbocycles. The molecule has 0 spiro atoms. The van der Waals surface area contributed by atoms with Gasteiger partial charge in [-0.05, 0) is 25.8 Å². The van der Waals surface area contributed by atoms with Crippen LogP contribution in [0.3, 0.4) is 0 Å². The summed E-state index contributed by atoms with van der Waals surface area (Å²) in [7, 11) is 1.85. The third-order valence-electron chi connectivity index (χ3n) is 5.11. The number of hydrogen-bond donors (Lipinski definition) is 2. The highest BCUT2D eigenvalue weighted by molar-refractivity contribution is 14.0. The maximum atomic E-state index is 4.36. The van der Waals surface area contributed by atoms with Crippen LogP contribution in [0.15, 0.2) is 23.2 Å².